The van der Waals surface area contributed by atoms with Crippen molar-refractivity contribution in [2.45, 2.75) is 33.0 Å². The molecule has 0 radical (unpaired) electrons. The van der Waals surface area contributed by atoms with Crippen molar-refractivity contribution in [1.29, 1.82) is 0 Å². The minimum atomic E-state index is -0.111. The molecule has 4 rings (SSSR count). The average Bonchev–Trinajstić information content (AvgIpc) is 3.01. The second kappa shape index (κ2) is 8.01. The molecule has 5 nitrogen and oxygen atoms in total. The predicted molar refractivity (Wildman–Crippen MR) is 114 cm³/mol. The number of aryl methyl sites for hydroxylation is 1. The molecule has 1 aliphatic heterocycles. The molecule has 1 fully saturated rings. The maximum atomic E-state index is 13.1. The number of hydrogen-bond donors (Lipinski definition) is 0. The van der Waals surface area contributed by atoms with Gasteiger partial charge in [0.2, 0.25) is 0 Å². The lowest BCUT2D eigenvalue weighted by molar-refractivity contribution is -0.0691. The molecular weight excluding hydrogens is 386 g/mol. The van der Waals surface area contributed by atoms with Crippen LogP contribution in [-0.4, -0.2) is 39.8 Å². The van der Waals surface area contributed by atoms with Crippen molar-refractivity contribution in [2.24, 2.45) is 0 Å². The fourth-order valence-electron chi connectivity index (χ4n) is 3.77. The lowest BCUT2D eigenvalue weighted by Gasteiger charge is -2.37. The summed E-state index contributed by atoms with van der Waals surface area (Å²) in [4.78, 5) is 15.0. The maximum Gasteiger partial charge on any atom is 0.254 e. The van der Waals surface area contributed by atoms with Crippen LogP contribution in [0, 0.1) is 13.8 Å². The summed E-state index contributed by atoms with van der Waals surface area (Å²) in [6, 6.07) is 17.6. The quantitative estimate of drug-likeness (QED) is 0.627. The molecule has 2 atom stereocenters. The van der Waals surface area contributed by atoms with Crippen LogP contribution in [0.5, 0.6) is 0 Å². The Morgan fingerprint density at radius 3 is 2.38 bits per heavy atom. The van der Waals surface area contributed by atoms with Gasteiger partial charge < -0.3 is 9.64 Å². The molecule has 3 aromatic rings. The molecule has 1 amide bonds. The van der Waals surface area contributed by atoms with Gasteiger partial charge in [-0.05, 0) is 50.6 Å². The number of rotatable bonds is 3. The number of benzene rings is 2. The van der Waals surface area contributed by atoms with Crippen LogP contribution in [0.15, 0.2) is 54.6 Å². The van der Waals surface area contributed by atoms with Gasteiger partial charge in [-0.1, -0.05) is 41.9 Å². The predicted octanol–water partition coefficient (Wildman–Crippen LogP) is 4.74. The molecule has 29 heavy (non-hydrogen) atoms. The summed E-state index contributed by atoms with van der Waals surface area (Å²) in [5.41, 5.74) is 4.30. The molecule has 0 aliphatic carbocycles. The smallest absolute Gasteiger partial charge is 0.254 e. The van der Waals surface area contributed by atoms with Crippen molar-refractivity contribution in [3.8, 4) is 5.69 Å². The number of carbonyl (C=O) groups is 1. The van der Waals surface area contributed by atoms with E-state index < -0.39 is 0 Å². The molecule has 0 bridgehead atoms. The molecule has 1 aliphatic rings. The van der Waals surface area contributed by atoms with Crippen molar-refractivity contribution < 1.29 is 9.53 Å². The van der Waals surface area contributed by atoms with Gasteiger partial charge >= 0.3 is 0 Å². The van der Waals surface area contributed by atoms with Crippen LogP contribution in [-0.2, 0) is 4.74 Å². The van der Waals surface area contributed by atoms with E-state index in [4.69, 9.17) is 16.3 Å². The van der Waals surface area contributed by atoms with Crippen LogP contribution >= 0.6 is 11.6 Å². The van der Waals surface area contributed by atoms with Crippen molar-refractivity contribution in [2.75, 3.05) is 13.1 Å². The summed E-state index contributed by atoms with van der Waals surface area (Å²) in [6.45, 7) is 6.94. The van der Waals surface area contributed by atoms with Crippen molar-refractivity contribution in [3.05, 3.63) is 82.1 Å². The molecule has 1 saturated heterocycles. The number of hydrogen-bond acceptors (Lipinski definition) is 3. The van der Waals surface area contributed by atoms with Crippen LogP contribution < -0.4 is 0 Å². The Balaban J connectivity index is 1.53. The molecule has 150 valence electrons. The summed E-state index contributed by atoms with van der Waals surface area (Å²) in [5.74, 6) is 0.0130. The fourth-order valence-corrected chi connectivity index (χ4v) is 3.89. The van der Waals surface area contributed by atoms with Crippen LogP contribution in [0.3, 0.4) is 0 Å². The Morgan fingerprint density at radius 2 is 1.76 bits per heavy atom. The first kappa shape index (κ1) is 19.7. The van der Waals surface area contributed by atoms with E-state index in [1.165, 1.54) is 0 Å². The van der Waals surface area contributed by atoms with Gasteiger partial charge in [-0.15, -0.1) is 0 Å². The van der Waals surface area contributed by atoms with Crippen LogP contribution in [0.4, 0.5) is 0 Å². The SMILES string of the molecule is Cc1nn(-c2ccc(C(=O)N3CC(C)OC(c4ccccc4)C3)cc2)c(C)c1Cl. The highest BCUT2D eigenvalue weighted by molar-refractivity contribution is 6.31. The van der Waals surface area contributed by atoms with Gasteiger partial charge in [0, 0.05) is 12.1 Å². The summed E-state index contributed by atoms with van der Waals surface area (Å²) in [5, 5.41) is 5.14. The Kier molecular flexibility index (Phi) is 5.43. The van der Waals surface area contributed by atoms with Gasteiger partial charge in [-0.3, -0.25) is 4.79 Å². The van der Waals surface area contributed by atoms with Crippen molar-refractivity contribution in [3.63, 3.8) is 0 Å². The summed E-state index contributed by atoms with van der Waals surface area (Å²) in [6.07, 6.45) is -0.131. The topological polar surface area (TPSA) is 47.4 Å². The zero-order valence-corrected chi connectivity index (χ0v) is 17.6. The van der Waals surface area contributed by atoms with Gasteiger partial charge in [0.05, 0.1) is 34.7 Å². The highest BCUT2D eigenvalue weighted by Gasteiger charge is 2.29. The number of ether oxygens (including phenoxy) is 1. The fraction of sp³-hybridized carbons (Fsp3) is 0.304. The highest BCUT2D eigenvalue weighted by Crippen LogP contribution is 2.27. The summed E-state index contributed by atoms with van der Waals surface area (Å²) < 4.78 is 7.87. The van der Waals surface area contributed by atoms with Crippen molar-refractivity contribution >= 4 is 17.5 Å². The molecule has 1 aromatic heterocycles. The van der Waals surface area contributed by atoms with E-state index in [-0.39, 0.29) is 18.1 Å². The summed E-state index contributed by atoms with van der Waals surface area (Å²) >= 11 is 6.25. The van der Waals surface area contributed by atoms with E-state index >= 15 is 0 Å². The number of halogens is 1. The zero-order chi connectivity index (χ0) is 20.5. The Labute approximate surface area is 175 Å². The minimum absolute atomic E-state index is 0.0130. The third kappa shape index (κ3) is 3.93. The van der Waals surface area contributed by atoms with E-state index in [1.807, 2.05) is 80.3 Å². The van der Waals surface area contributed by atoms with Gasteiger partial charge in [0.1, 0.15) is 6.10 Å². The lowest BCUT2D eigenvalue weighted by Crippen LogP contribution is -2.45. The zero-order valence-electron chi connectivity index (χ0n) is 16.8. The second-order valence-corrected chi connectivity index (χ2v) is 7.88. The number of amides is 1. The molecule has 2 aromatic carbocycles. The van der Waals surface area contributed by atoms with Gasteiger partial charge in [-0.2, -0.15) is 5.10 Å². The Hall–Kier alpha value is -2.63. The number of carbonyl (C=O) groups excluding carboxylic acids is 1. The first-order chi connectivity index (χ1) is 13.9. The van der Waals surface area contributed by atoms with Crippen molar-refractivity contribution in [1.82, 2.24) is 14.7 Å². The first-order valence-electron chi connectivity index (χ1n) is 9.76. The van der Waals surface area contributed by atoms with Crippen LogP contribution in [0.1, 0.15) is 40.3 Å². The third-order valence-electron chi connectivity index (χ3n) is 5.28. The minimum Gasteiger partial charge on any atom is -0.367 e. The van der Waals surface area contributed by atoms with E-state index in [2.05, 4.69) is 5.10 Å². The Bertz CT molecular complexity index is 1010. The first-order valence-corrected chi connectivity index (χ1v) is 10.1. The number of morpholine rings is 1. The standard InChI is InChI=1S/C23H24ClN3O2/c1-15-13-26(14-21(29-15)18-7-5-4-6-8-18)23(28)19-9-11-20(12-10-19)27-17(3)22(24)16(2)25-27/h4-12,15,21H,13-14H2,1-3H3. The Morgan fingerprint density at radius 1 is 1.07 bits per heavy atom. The number of nitrogens with zero attached hydrogens (tertiary/aromatic N) is 3. The average molecular weight is 410 g/mol. The van der Waals surface area contributed by atoms with Gasteiger partial charge in [-0.25, -0.2) is 4.68 Å². The van der Waals surface area contributed by atoms with Crippen LogP contribution in [0.2, 0.25) is 5.02 Å². The lowest BCUT2D eigenvalue weighted by atomic mass is 10.1. The largest absolute Gasteiger partial charge is 0.367 e. The second-order valence-electron chi connectivity index (χ2n) is 7.50. The van der Waals surface area contributed by atoms with E-state index in [9.17, 15) is 4.79 Å². The van der Waals surface area contributed by atoms with E-state index in [0.29, 0.717) is 23.7 Å². The molecule has 2 unspecified atom stereocenters. The number of aromatic nitrogens is 2. The molecule has 6 heteroatoms. The van der Waals surface area contributed by atoms with E-state index in [1.54, 1.807) is 4.68 Å². The molecule has 2 heterocycles. The molecule has 0 N–H and O–H groups in total. The van der Waals surface area contributed by atoms with Gasteiger partial charge in [0.15, 0.2) is 0 Å². The maximum absolute atomic E-state index is 13.1. The molecule has 0 saturated carbocycles. The van der Waals surface area contributed by atoms with Gasteiger partial charge in [0.25, 0.3) is 5.91 Å². The van der Waals surface area contributed by atoms with E-state index in [0.717, 1.165) is 22.6 Å². The monoisotopic (exact) mass is 409 g/mol. The summed E-state index contributed by atoms with van der Waals surface area (Å²) in [7, 11) is 0. The highest BCUT2D eigenvalue weighted by atomic mass is 35.5. The molecular formula is C23H24ClN3O2. The molecule has 0 spiro atoms. The third-order valence-corrected chi connectivity index (χ3v) is 5.83. The van der Waals surface area contributed by atoms with Crippen LogP contribution in [0.25, 0.3) is 5.69 Å². The normalized spacial score (nSPS) is 19.4.